The zero-order valence-electron chi connectivity index (χ0n) is 8.21. The van der Waals surface area contributed by atoms with Crippen LogP contribution in [0.5, 0.6) is 0 Å². The highest BCUT2D eigenvalue weighted by Crippen LogP contribution is 2.32. The van der Waals surface area contributed by atoms with E-state index in [1.54, 1.807) is 0 Å². The Kier molecular flexibility index (Phi) is 2.57. The van der Waals surface area contributed by atoms with Gasteiger partial charge in [0.1, 0.15) is 5.82 Å². The van der Waals surface area contributed by atoms with Gasteiger partial charge in [0.25, 0.3) is 0 Å². The molecule has 6 heteroatoms. The fraction of sp³-hybridized carbons (Fsp3) is 0.400. The molecule has 86 valence electrons. The predicted octanol–water partition coefficient (Wildman–Crippen LogP) is 2.45. The number of carbonyl (C=O) groups excluding carboxylic acids is 1. The van der Waals surface area contributed by atoms with Gasteiger partial charge in [-0.15, -0.1) is 0 Å². The van der Waals surface area contributed by atoms with Crippen molar-refractivity contribution >= 4 is 11.7 Å². The first kappa shape index (κ1) is 10.9. The Balaban J connectivity index is 2.12. The van der Waals surface area contributed by atoms with E-state index in [0.717, 1.165) is 31.2 Å². The highest BCUT2D eigenvalue weighted by Gasteiger charge is 2.32. The number of carbonyl (C=O) groups is 1. The first-order valence-corrected chi connectivity index (χ1v) is 4.81. The van der Waals surface area contributed by atoms with E-state index < -0.39 is 11.7 Å². The highest BCUT2D eigenvalue weighted by molar-refractivity contribution is 5.93. The van der Waals surface area contributed by atoms with Crippen LogP contribution in [-0.2, 0) is 11.0 Å². The zero-order chi connectivity index (χ0) is 11.8. The van der Waals surface area contributed by atoms with Crippen LogP contribution >= 0.6 is 0 Å². The number of hydrogen-bond acceptors (Lipinski definition) is 2. The number of anilines is 1. The molecule has 1 aliphatic carbocycles. The lowest BCUT2D eigenvalue weighted by Crippen LogP contribution is -2.15. The van der Waals surface area contributed by atoms with Gasteiger partial charge >= 0.3 is 6.18 Å². The number of halogens is 3. The molecule has 0 aliphatic heterocycles. The van der Waals surface area contributed by atoms with Crippen LogP contribution in [-0.4, -0.2) is 10.9 Å². The van der Waals surface area contributed by atoms with Gasteiger partial charge in [0.05, 0.1) is 5.56 Å². The van der Waals surface area contributed by atoms with Crippen LogP contribution in [0.1, 0.15) is 18.4 Å². The molecule has 3 nitrogen and oxygen atoms in total. The molecule has 1 aromatic heterocycles. The van der Waals surface area contributed by atoms with E-state index in [2.05, 4.69) is 10.3 Å². The minimum absolute atomic E-state index is 0.0493. The molecule has 1 heterocycles. The summed E-state index contributed by atoms with van der Waals surface area (Å²) in [4.78, 5) is 15.0. The van der Waals surface area contributed by atoms with Crippen molar-refractivity contribution in [2.45, 2.75) is 19.0 Å². The second-order valence-corrected chi connectivity index (χ2v) is 3.69. The summed E-state index contributed by atoms with van der Waals surface area (Å²) in [5.41, 5.74) is -0.811. The number of rotatable bonds is 2. The van der Waals surface area contributed by atoms with Crippen LogP contribution in [0.15, 0.2) is 18.3 Å². The third-order valence-corrected chi connectivity index (χ3v) is 2.29. The average Bonchev–Trinajstić information content (AvgIpc) is 2.99. The molecule has 16 heavy (non-hydrogen) atoms. The maximum atomic E-state index is 12.3. The molecule has 0 aromatic carbocycles. The second kappa shape index (κ2) is 3.77. The lowest BCUT2D eigenvalue weighted by molar-refractivity contribution is -0.137. The first-order chi connectivity index (χ1) is 7.47. The van der Waals surface area contributed by atoms with Crippen LogP contribution in [0.2, 0.25) is 0 Å². The second-order valence-electron chi connectivity index (χ2n) is 3.69. The van der Waals surface area contributed by atoms with Gasteiger partial charge in [-0.25, -0.2) is 4.98 Å². The van der Waals surface area contributed by atoms with Crippen molar-refractivity contribution in [3.63, 3.8) is 0 Å². The van der Waals surface area contributed by atoms with Crippen molar-refractivity contribution in [1.82, 2.24) is 4.98 Å². The van der Waals surface area contributed by atoms with Crippen molar-refractivity contribution in [3.8, 4) is 0 Å². The Labute approximate surface area is 89.7 Å². The standard InChI is InChI=1S/C10H9F3N2O/c11-10(12,13)7-3-4-14-8(5-7)15-9(16)6-1-2-6/h3-6H,1-2H2,(H,14,15,16). The molecule has 1 saturated carbocycles. The number of alkyl halides is 3. The third kappa shape index (κ3) is 2.50. The van der Waals surface area contributed by atoms with Crippen molar-refractivity contribution in [2.75, 3.05) is 5.32 Å². The summed E-state index contributed by atoms with van der Waals surface area (Å²) in [7, 11) is 0. The summed E-state index contributed by atoms with van der Waals surface area (Å²) < 4.78 is 37.0. The summed E-state index contributed by atoms with van der Waals surface area (Å²) >= 11 is 0. The molecule has 0 spiro atoms. The number of amides is 1. The number of nitrogens with one attached hydrogen (secondary N) is 1. The van der Waals surface area contributed by atoms with E-state index in [9.17, 15) is 18.0 Å². The smallest absolute Gasteiger partial charge is 0.310 e. The van der Waals surface area contributed by atoms with Gasteiger partial charge in [0, 0.05) is 12.1 Å². The molecule has 2 rings (SSSR count). The first-order valence-electron chi connectivity index (χ1n) is 4.81. The Morgan fingerprint density at radius 1 is 1.44 bits per heavy atom. The zero-order valence-corrected chi connectivity index (χ0v) is 8.21. The fourth-order valence-electron chi connectivity index (χ4n) is 1.25. The Morgan fingerprint density at radius 3 is 2.69 bits per heavy atom. The Hall–Kier alpha value is -1.59. The normalized spacial score (nSPS) is 15.9. The fourth-order valence-corrected chi connectivity index (χ4v) is 1.25. The van der Waals surface area contributed by atoms with Gasteiger partial charge in [0.15, 0.2) is 0 Å². The van der Waals surface area contributed by atoms with Crippen molar-refractivity contribution in [2.24, 2.45) is 5.92 Å². The Morgan fingerprint density at radius 2 is 2.12 bits per heavy atom. The minimum atomic E-state index is -4.41. The van der Waals surface area contributed by atoms with Gasteiger partial charge in [-0.2, -0.15) is 13.2 Å². The summed E-state index contributed by atoms with van der Waals surface area (Å²) in [6.07, 6.45) is -1.79. The van der Waals surface area contributed by atoms with Crippen LogP contribution in [0.25, 0.3) is 0 Å². The predicted molar refractivity (Wildman–Crippen MR) is 50.6 cm³/mol. The van der Waals surface area contributed by atoms with E-state index in [1.807, 2.05) is 0 Å². The number of nitrogens with zero attached hydrogens (tertiary/aromatic N) is 1. The number of aromatic nitrogens is 1. The van der Waals surface area contributed by atoms with Gasteiger partial charge < -0.3 is 5.32 Å². The highest BCUT2D eigenvalue weighted by atomic mass is 19.4. The van der Waals surface area contributed by atoms with E-state index in [0.29, 0.717) is 0 Å². The van der Waals surface area contributed by atoms with Gasteiger partial charge in [-0.1, -0.05) is 0 Å². The van der Waals surface area contributed by atoms with Crippen molar-refractivity contribution in [1.29, 1.82) is 0 Å². The molecule has 1 fully saturated rings. The largest absolute Gasteiger partial charge is 0.416 e. The van der Waals surface area contributed by atoms with Crippen LogP contribution in [0.4, 0.5) is 19.0 Å². The van der Waals surface area contributed by atoms with Crippen LogP contribution in [0, 0.1) is 5.92 Å². The maximum absolute atomic E-state index is 12.3. The van der Waals surface area contributed by atoms with E-state index in [-0.39, 0.29) is 17.6 Å². The molecular weight excluding hydrogens is 221 g/mol. The van der Waals surface area contributed by atoms with Crippen molar-refractivity contribution in [3.05, 3.63) is 23.9 Å². The molecular formula is C10H9F3N2O. The molecule has 1 amide bonds. The molecule has 0 radical (unpaired) electrons. The lowest BCUT2D eigenvalue weighted by atomic mass is 10.2. The SMILES string of the molecule is O=C(Nc1cc(C(F)(F)F)ccn1)C1CC1. The van der Waals surface area contributed by atoms with Crippen LogP contribution in [0.3, 0.4) is 0 Å². The average molecular weight is 230 g/mol. The molecule has 1 N–H and O–H groups in total. The molecule has 0 unspecified atom stereocenters. The van der Waals surface area contributed by atoms with E-state index in [1.165, 1.54) is 0 Å². The third-order valence-electron chi connectivity index (χ3n) is 2.29. The number of pyridine rings is 1. The molecule has 0 bridgehead atoms. The lowest BCUT2D eigenvalue weighted by Gasteiger charge is -2.08. The van der Waals surface area contributed by atoms with Crippen molar-refractivity contribution < 1.29 is 18.0 Å². The molecule has 1 aromatic rings. The summed E-state index contributed by atoms with van der Waals surface area (Å²) in [5, 5.41) is 2.37. The minimum Gasteiger partial charge on any atom is -0.310 e. The van der Waals surface area contributed by atoms with Crippen LogP contribution < -0.4 is 5.32 Å². The molecule has 1 aliphatic rings. The monoisotopic (exact) mass is 230 g/mol. The summed E-state index contributed by atoms with van der Waals surface area (Å²) in [6.45, 7) is 0. The maximum Gasteiger partial charge on any atom is 0.416 e. The van der Waals surface area contributed by atoms with Gasteiger partial charge in [-0.05, 0) is 25.0 Å². The summed E-state index contributed by atoms with van der Waals surface area (Å²) in [5.74, 6) is -0.366. The quantitative estimate of drug-likeness (QED) is 0.847. The van der Waals surface area contributed by atoms with E-state index in [4.69, 9.17) is 0 Å². The van der Waals surface area contributed by atoms with Gasteiger partial charge in [0.2, 0.25) is 5.91 Å². The summed E-state index contributed by atoms with van der Waals surface area (Å²) in [6, 6.07) is 1.70. The number of hydrogen-bond donors (Lipinski definition) is 1. The molecule has 0 saturated heterocycles. The molecule has 0 atom stereocenters. The van der Waals surface area contributed by atoms with E-state index >= 15 is 0 Å². The van der Waals surface area contributed by atoms with Gasteiger partial charge in [-0.3, -0.25) is 4.79 Å². The topological polar surface area (TPSA) is 42.0 Å². The Bertz CT molecular complexity index is 413.